The van der Waals surface area contributed by atoms with Crippen LogP contribution in [0, 0.1) is 0 Å². The molecule has 19 heavy (non-hydrogen) atoms. The average molecular weight is 261 g/mol. The summed E-state index contributed by atoms with van der Waals surface area (Å²) in [5.41, 5.74) is 1.89. The number of carbonyl (C=O) groups excluding carboxylic acids is 1. The molecule has 2 unspecified atom stereocenters. The maximum atomic E-state index is 11.0. The Morgan fingerprint density at radius 1 is 1.47 bits per heavy atom. The molecule has 1 fully saturated rings. The Labute approximate surface area is 115 Å². The first-order valence-electron chi connectivity index (χ1n) is 7.01. The van der Waals surface area contributed by atoms with Gasteiger partial charge in [-0.15, -0.1) is 0 Å². The van der Waals surface area contributed by atoms with Gasteiger partial charge in [-0.05, 0) is 50.9 Å². The van der Waals surface area contributed by atoms with Gasteiger partial charge in [0, 0.05) is 30.4 Å². The molecule has 2 rings (SSSR count). The zero-order chi connectivity index (χ0) is 13.7. The molecule has 0 spiro atoms. The monoisotopic (exact) mass is 261 g/mol. The number of hydrogen-bond donors (Lipinski definition) is 3. The van der Waals surface area contributed by atoms with E-state index in [0.717, 1.165) is 24.3 Å². The minimum Gasteiger partial charge on any atom is -0.382 e. The third kappa shape index (κ3) is 4.56. The lowest BCUT2D eigenvalue weighted by atomic mass is 10.1. The van der Waals surface area contributed by atoms with E-state index in [1.807, 2.05) is 24.3 Å². The van der Waals surface area contributed by atoms with Crippen molar-refractivity contribution in [1.29, 1.82) is 0 Å². The summed E-state index contributed by atoms with van der Waals surface area (Å²) < 4.78 is 0. The molecule has 0 aromatic heterocycles. The van der Waals surface area contributed by atoms with Crippen molar-refractivity contribution in [2.75, 3.05) is 17.2 Å². The van der Waals surface area contributed by atoms with Crippen molar-refractivity contribution >= 4 is 17.3 Å². The molecule has 2 atom stereocenters. The Hall–Kier alpha value is -1.55. The van der Waals surface area contributed by atoms with Gasteiger partial charge in [0.25, 0.3) is 0 Å². The summed E-state index contributed by atoms with van der Waals surface area (Å²) in [4.78, 5) is 11.0. The highest BCUT2D eigenvalue weighted by atomic mass is 16.1. The van der Waals surface area contributed by atoms with Crippen molar-refractivity contribution in [2.45, 2.75) is 45.2 Å². The number of hydrogen-bond acceptors (Lipinski definition) is 3. The number of nitrogens with one attached hydrogen (secondary N) is 3. The second kappa shape index (κ2) is 6.57. The zero-order valence-electron chi connectivity index (χ0n) is 11.7. The molecule has 4 heteroatoms. The van der Waals surface area contributed by atoms with Crippen LogP contribution in [0.25, 0.3) is 0 Å². The van der Waals surface area contributed by atoms with Gasteiger partial charge in [-0.1, -0.05) is 6.07 Å². The van der Waals surface area contributed by atoms with E-state index in [4.69, 9.17) is 0 Å². The van der Waals surface area contributed by atoms with Gasteiger partial charge in [-0.2, -0.15) is 0 Å². The van der Waals surface area contributed by atoms with Crippen LogP contribution in [0.15, 0.2) is 24.3 Å². The molecule has 0 radical (unpaired) electrons. The van der Waals surface area contributed by atoms with Gasteiger partial charge >= 0.3 is 0 Å². The number of rotatable bonds is 5. The standard InChI is InChI=1S/C15H23N3O/c1-11(9-13-7-4-8-16-13)17-14-5-3-6-15(10-14)18-12(2)19/h3,5-6,10-11,13,16-17H,4,7-9H2,1-2H3,(H,18,19). The third-order valence-corrected chi connectivity index (χ3v) is 3.40. The Bertz CT molecular complexity index is 427. The number of benzene rings is 1. The van der Waals surface area contributed by atoms with Crippen LogP contribution in [0.2, 0.25) is 0 Å². The van der Waals surface area contributed by atoms with Crippen LogP contribution < -0.4 is 16.0 Å². The SMILES string of the molecule is CC(=O)Nc1cccc(NC(C)CC2CCCN2)c1. The van der Waals surface area contributed by atoms with Crippen LogP contribution in [0.3, 0.4) is 0 Å². The summed E-state index contributed by atoms with van der Waals surface area (Å²) in [5, 5.41) is 9.81. The molecule has 0 bridgehead atoms. The van der Waals surface area contributed by atoms with E-state index >= 15 is 0 Å². The summed E-state index contributed by atoms with van der Waals surface area (Å²) >= 11 is 0. The van der Waals surface area contributed by atoms with E-state index in [-0.39, 0.29) is 5.91 Å². The molecule has 3 N–H and O–H groups in total. The normalized spacial score (nSPS) is 20.0. The maximum Gasteiger partial charge on any atom is 0.221 e. The van der Waals surface area contributed by atoms with Crippen LogP contribution in [0.1, 0.15) is 33.1 Å². The number of amides is 1. The zero-order valence-corrected chi connectivity index (χ0v) is 11.7. The summed E-state index contributed by atoms with van der Waals surface area (Å²) in [6.07, 6.45) is 3.69. The predicted molar refractivity (Wildman–Crippen MR) is 79.5 cm³/mol. The highest BCUT2D eigenvalue weighted by molar-refractivity contribution is 5.89. The molecule has 1 amide bonds. The van der Waals surface area contributed by atoms with Gasteiger partial charge in [0.2, 0.25) is 5.91 Å². The molecule has 0 aliphatic carbocycles. The molecule has 1 aliphatic rings. The largest absolute Gasteiger partial charge is 0.382 e. The van der Waals surface area contributed by atoms with E-state index in [1.54, 1.807) is 0 Å². The average Bonchev–Trinajstić information content (AvgIpc) is 2.81. The lowest BCUT2D eigenvalue weighted by Gasteiger charge is -2.19. The molecule has 0 saturated carbocycles. The van der Waals surface area contributed by atoms with Crippen LogP contribution in [-0.4, -0.2) is 24.5 Å². The lowest BCUT2D eigenvalue weighted by Crippen LogP contribution is -2.29. The van der Waals surface area contributed by atoms with Gasteiger partial charge in [-0.3, -0.25) is 4.79 Å². The van der Waals surface area contributed by atoms with Crippen molar-refractivity contribution < 1.29 is 4.79 Å². The first-order chi connectivity index (χ1) is 9.13. The minimum absolute atomic E-state index is 0.0413. The van der Waals surface area contributed by atoms with Crippen LogP contribution in [0.4, 0.5) is 11.4 Å². The summed E-state index contributed by atoms with van der Waals surface area (Å²) in [5.74, 6) is -0.0413. The number of carbonyl (C=O) groups is 1. The fourth-order valence-corrected chi connectivity index (χ4v) is 2.62. The van der Waals surface area contributed by atoms with Crippen LogP contribution in [-0.2, 0) is 4.79 Å². The van der Waals surface area contributed by atoms with Crippen molar-refractivity contribution in [2.24, 2.45) is 0 Å². The minimum atomic E-state index is -0.0413. The van der Waals surface area contributed by atoms with E-state index in [1.165, 1.54) is 19.8 Å². The first-order valence-corrected chi connectivity index (χ1v) is 7.01. The highest BCUT2D eigenvalue weighted by Crippen LogP contribution is 2.18. The second-order valence-corrected chi connectivity index (χ2v) is 5.34. The first kappa shape index (κ1) is 13.9. The fourth-order valence-electron chi connectivity index (χ4n) is 2.62. The van der Waals surface area contributed by atoms with E-state index < -0.39 is 0 Å². The molecule has 1 heterocycles. The molecule has 1 aromatic carbocycles. The molecule has 1 aliphatic heterocycles. The summed E-state index contributed by atoms with van der Waals surface area (Å²) in [7, 11) is 0. The van der Waals surface area contributed by atoms with Gasteiger partial charge in [0.05, 0.1) is 0 Å². The highest BCUT2D eigenvalue weighted by Gasteiger charge is 2.16. The topological polar surface area (TPSA) is 53.2 Å². The van der Waals surface area contributed by atoms with Crippen molar-refractivity contribution in [3.05, 3.63) is 24.3 Å². The van der Waals surface area contributed by atoms with Crippen LogP contribution >= 0.6 is 0 Å². The Kier molecular flexibility index (Phi) is 4.80. The van der Waals surface area contributed by atoms with Crippen molar-refractivity contribution in [3.8, 4) is 0 Å². The van der Waals surface area contributed by atoms with Gasteiger partial charge in [-0.25, -0.2) is 0 Å². The summed E-state index contributed by atoms with van der Waals surface area (Å²) in [6, 6.07) is 8.91. The quantitative estimate of drug-likeness (QED) is 0.763. The summed E-state index contributed by atoms with van der Waals surface area (Å²) in [6.45, 7) is 4.87. The number of anilines is 2. The van der Waals surface area contributed by atoms with Gasteiger partial charge < -0.3 is 16.0 Å². The van der Waals surface area contributed by atoms with Crippen LogP contribution in [0.5, 0.6) is 0 Å². The molecular weight excluding hydrogens is 238 g/mol. The molecule has 1 aromatic rings. The Morgan fingerprint density at radius 2 is 2.26 bits per heavy atom. The van der Waals surface area contributed by atoms with E-state index in [9.17, 15) is 4.79 Å². The molecular formula is C15H23N3O. The van der Waals surface area contributed by atoms with Gasteiger partial charge in [0.1, 0.15) is 0 Å². The molecule has 104 valence electrons. The maximum absolute atomic E-state index is 11.0. The van der Waals surface area contributed by atoms with E-state index in [0.29, 0.717) is 12.1 Å². The lowest BCUT2D eigenvalue weighted by molar-refractivity contribution is -0.114. The van der Waals surface area contributed by atoms with Crippen molar-refractivity contribution in [3.63, 3.8) is 0 Å². The fraction of sp³-hybridized carbons (Fsp3) is 0.533. The van der Waals surface area contributed by atoms with E-state index in [2.05, 4.69) is 22.9 Å². The Morgan fingerprint density at radius 3 is 2.95 bits per heavy atom. The molecule has 4 nitrogen and oxygen atoms in total. The van der Waals surface area contributed by atoms with Crippen molar-refractivity contribution in [1.82, 2.24) is 5.32 Å². The third-order valence-electron chi connectivity index (χ3n) is 3.40. The van der Waals surface area contributed by atoms with Gasteiger partial charge in [0.15, 0.2) is 0 Å². The molecule has 1 saturated heterocycles. The second-order valence-electron chi connectivity index (χ2n) is 5.34. The smallest absolute Gasteiger partial charge is 0.221 e. The predicted octanol–water partition coefficient (Wildman–Crippen LogP) is 2.59. The Balaban J connectivity index is 1.88.